The van der Waals surface area contributed by atoms with E-state index in [4.69, 9.17) is 0 Å². The zero-order valence-electron chi connectivity index (χ0n) is 12.7. The van der Waals surface area contributed by atoms with E-state index in [1.807, 2.05) is 46.8 Å². The van der Waals surface area contributed by atoms with Crippen LogP contribution in [0.15, 0.2) is 34.8 Å². The molecule has 1 amide bonds. The highest BCUT2D eigenvalue weighted by Crippen LogP contribution is 2.17. The number of carbonyl (C=O) groups is 1. The highest BCUT2D eigenvalue weighted by molar-refractivity contribution is 9.10. The molecular formula is C16H19BrN4O. The quantitative estimate of drug-likeness (QED) is 0.892. The molecule has 2 heterocycles. The van der Waals surface area contributed by atoms with Crippen LogP contribution in [0.4, 0.5) is 0 Å². The Hall–Kier alpha value is -1.66. The number of piperazine rings is 1. The van der Waals surface area contributed by atoms with Crippen LogP contribution in [0.25, 0.3) is 5.69 Å². The van der Waals surface area contributed by atoms with Gasteiger partial charge in [-0.2, -0.15) is 5.10 Å². The standard InChI is InChI=1S/C16H19BrN4O/c1-11-10-20(8-7-18-11)16(22)15-9-12(2)21(19-15)14-5-3-13(17)4-6-14/h3-6,9,11,18H,7-8,10H2,1-2H3/t11-/m1/s1. The highest BCUT2D eigenvalue weighted by Gasteiger charge is 2.24. The summed E-state index contributed by atoms with van der Waals surface area (Å²) in [6, 6.07) is 10.1. The maximum absolute atomic E-state index is 12.6. The van der Waals surface area contributed by atoms with Crippen molar-refractivity contribution in [1.82, 2.24) is 20.0 Å². The lowest BCUT2D eigenvalue weighted by molar-refractivity contribution is 0.0702. The molecule has 0 unspecified atom stereocenters. The molecule has 0 radical (unpaired) electrons. The van der Waals surface area contributed by atoms with Crippen LogP contribution in [0, 0.1) is 6.92 Å². The number of rotatable bonds is 2. The van der Waals surface area contributed by atoms with Gasteiger partial charge in [0.2, 0.25) is 0 Å². The Bertz CT molecular complexity index is 680. The summed E-state index contributed by atoms with van der Waals surface area (Å²) in [6.07, 6.45) is 0. The monoisotopic (exact) mass is 362 g/mol. The Labute approximate surface area is 138 Å². The van der Waals surface area contributed by atoms with Crippen molar-refractivity contribution >= 4 is 21.8 Å². The van der Waals surface area contributed by atoms with E-state index in [1.54, 1.807) is 0 Å². The average Bonchev–Trinajstić information content (AvgIpc) is 2.89. The second-order valence-electron chi connectivity index (χ2n) is 5.67. The molecule has 22 heavy (non-hydrogen) atoms. The van der Waals surface area contributed by atoms with E-state index in [9.17, 15) is 4.79 Å². The number of nitrogens with zero attached hydrogens (tertiary/aromatic N) is 3. The lowest BCUT2D eigenvalue weighted by atomic mass is 10.2. The number of aryl methyl sites for hydroxylation is 1. The Morgan fingerprint density at radius 1 is 1.36 bits per heavy atom. The maximum atomic E-state index is 12.6. The fourth-order valence-electron chi connectivity index (χ4n) is 2.70. The van der Waals surface area contributed by atoms with Crippen molar-refractivity contribution < 1.29 is 4.79 Å². The third-order valence-electron chi connectivity index (χ3n) is 3.83. The fraction of sp³-hybridized carbons (Fsp3) is 0.375. The summed E-state index contributed by atoms with van der Waals surface area (Å²) in [7, 11) is 0. The van der Waals surface area contributed by atoms with Gasteiger partial charge in [-0.3, -0.25) is 4.79 Å². The number of hydrogen-bond donors (Lipinski definition) is 1. The summed E-state index contributed by atoms with van der Waals surface area (Å²) < 4.78 is 2.83. The smallest absolute Gasteiger partial charge is 0.274 e. The van der Waals surface area contributed by atoms with Crippen molar-refractivity contribution in [3.05, 3.63) is 46.2 Å². The van der Waals surface area contributed by atoms with Gasteiger partial charge in [0.15, 0.2) is 5.69 Å². The van der Waals surface area contributed by atoms with Crippen LogP contribution in [0.2, 0.25) is 0 Å². The molecule has 5 nitrogen and oxygen atoms in total. The molecule has 116 valence electrons. The molecule has 1 atom stereocenters. The number of halogens is 1. The van der Waals surface area contributed by atoms with E-state index in [2.05, 4.69) is 33.3 Å². The second-order valence-corrected chi connectivity index (χ2v) is 6.58. The lowest BCUT2D eigenvalue weighted by Crippen LogP contribution is -2.51. The van der Waals surface area contributed by atoms with Crippen LogP contribution in [0.5, 0.6) is 0 Å². The molecule has 1 N–H and O–H groups in total. The first-order valence-electron chi connectivity index (χ1n) is 7.40. The number of hydrogen-bond acceptors (Lipinski definition) is 3. The third kappa shape index (κ3) is 3.08. The third-order valence-corrected chi connectivity index (χ3v) is 4.36. The van der Waals surface area contributed by atoms with Crippen LogP contribution in [-0.4, -0.2) is 46.3 Å². The molecule has 0 bridgehead atoms. The molecule has 1 aliphatic rings. The van der Waals surface area contributed by atoms with Crippen LogP contribution in [0.1, 0.15) is 23.1 Å². The predicted molar refractivity (Wildman–Crippen MR) is 89.4 cm³/mol. The zero-order chi connectivity index (χ0) is 15.7. The Kier molecular flexibility index (Phi) is 4.31. The van der Waals surface area contributed by atoms with Crippen molar-refractivity contribution in [1.29, 1.82) is 0 Å². The number of carbonyl (C=O) groups excluding carboxylic acids is 1. The van der Waals surface area contributed by atoms with Gasteiger partial charge < -0.3 is 10.2 Å². The molecule has 3 rings (SSSR count). The molecule has 1 aromatic heterocycles. The molecule has 1 fully saturated rings. The van der Waals surface area contributed by atoms with Gasteiger partial charge in [-0.15, -0.1) is 0 Å². The van der Waals surface area contributed by atoms with Gasteiger partial charge in [0.25, 0.3) is 5.91 Å². The number of amides is 1. The van der Waals surface area contributed by atoms with Crippen LogP contribution < -0.4 is 5.32 Å². The Morgan fingerprint density at radius 3 is 2.77 bits per heavy atom. The summed E-state index contributed by atoms with van der Waals surface area (Å²) in [5.41, 5.74) is 2.41. The lowest BCUT2D eigenvalue weighted by Gasteiger charge is -2.31. The molecule has 6 heteroatoms. The Morgan fingerprint density at radius 2 is 2.09 bits per heavy atom. The average molecular weight is 363 g/mol. The molecule has 1 aromatic carbocycles. The minimum atomic E-state index is 0.00677. The number of benzene rings is 1. The molecule has 0 spiro atoms. The molecule has 0 aliphatic carbocycles. The van der Waals surface area contributed by atoms with Gasteiger partial charge in [0.05, 0.1) is 5.69 Å². The normalized spacial score (nSPS) is 18.5. The topological polar surface area (TPSA) is 50.2 Å². The van der Waals surface area contributed by atoms with Gasteiger partial charge in [-0.1, -0.05) is 15.9 Å². The molecule has 2 aromatic rings. The van der Waals surface area contributed by atoms with E-state index in [0.29, 0.717) is 11.7 Å². The summed E-state index contributed by atoms with van der Waals surface area (Å²) in [4.78, 5) is 14.5. The van der Waals surface area contributed by atoms with Gasteiger partial charge in [-0.25, -0.2) is 4.68 Å². The van der Waals surface area contributed by atoms with E-state index < -0.39 is 0 Å². The van der Waals surface area contributed by atoms with E-state index in [1.165, 1.54) is 0 Å². The first kappa shape index (κ1) is 15.2. The van der Waals surface area contributed by atoms with Gasteiger partial charge in [0, 0.05) is 35.8 Å². The molecule has 1 aliphatic heterocycles. The van der Waals surface area contributed by atoms with Crippen molar-refractivity contribution in [3.8, 4) is 5.69 Å². The first-order chi connectivity index (χ1) is 10.5. The van der Waals surface area contributed by atoms with Crippen LogP contribution in [0.3, 0.4) is 0 Å². The highest BCUT2D eigenvalue weighted by atomic mass is 79.9. The van der Waals surface area contributed by atoms with Gasteiger partial charge >= 0.3 is 0 Å². The number of aromatic nitrogens is 2. The zero-order valence-corrected chi connectivity index (χ0v) is 14.3. The van der Waals surface area contributed by atoms with Crippen LogP contribution in [-0.2, 0) is 0 Å². The fourth-order valence-corrected chi connectivity index (χ4v) is 2.97. The van der Waals surface area contributed by atoms with Crippen molar-refractivity contribution in [2.24, 2.45) is 0 Å². The molecule has 1 saturated heterocycles. The van der Waals surface area contributed by atoms with Gasteiger partial charge in [-0.05, 0) is 44.2 Å². The summed E-state index contributed by atoms with van der Waals surface area (Å²) in [6.45, 7) is 6.34. The maximum Gasteiger partial charge on any atom is 0.274 e. The number of nitrogens with one attached hydrogen (secondary N) is 1. The summed E-state index contributed by atoms with van der Waals surface area (Å²) in [5.74, 6) is 0.00677. The Balaban J connectivity index is 1.85. The van der Waals surface area contributed by atoms with Crippen molar-refractivity contribution in [2.45, 2.75) is 19.9 Å². The second kappa shape index (κ2) is 6.22. The molecular weight excluding hydrogens is 344 g/mol. The van der Waals surface area contributed by atoms with Crippen molar-refractivity contribution in [2.75, 3.05) is 19.6 Å². The van der Waals surface area contributed by atoms with Gasteiger partial charge in [0.1, 0.15) is 0 Å². The summed E-state index contributed by atoms with van der Waals surface area (Å²) in [5, 5.41) is 7.84. The van der Waals surface area contributed by atoms with E-state index in [0.717, 1.165) is 35.5 Å². The van der Waals surface area contributed by atoms with E-state index in [-0.39, 0.29) is 5.91 Å². The summed E-state index contributed by atoms with van der Waals surface area (Å²) >= 11 is 3.43. The minimum Gasteiger partial charge on any atom is -0.334 e. The molecule has 0 saturated carbocycles. The SMILES string of the molecule is Cc1cc(C(=O)N2CCN[C@H](C)C2)nn1-c1ccc(Br)cc1. The first-order valence-corrected chi connectivity index (χ1v) is 8.19. The van der Waals surface area contributed by atoms with Crippen LogP contribution >= 0.6 is 15.9 Å². The van der Waals surface area contributed by atoms with E-state index >= 15 is 0 Å². The largest absolute Gasteiger partial charge is 0.334 e. The minimum absolute atomic E-state index is 0.00677. The predicted octanol–water partition coefficient (Wildman–Crippen LogP) is 2.38. The van der Waals surface area contributed by atoms with Crippen molar-refractivity contribution in [3.63, 3.8) is 0 Å².